The molecule has 3 nitrogen and oxygen atoms in total. The first-order valence-electron chi connectivity index (χ1n) is 7.61. The Hall–Kier alpha value is -0.420. The van der Waals surface area contributed by atoms with Gasteiger partial charge in [-0.25, -0.2) is 0 Å². The summed E-state index contributed by atoms with van der Waals surface area (Å²) in [6.45, 7) is 12.4. The van der Waals surface area contributed by atoms with Gasteiger partial charge in [-0.15, -0.1) is 11.3 Å². The number of nitrogens with zero attached hydrogens (tertiary/aromatic N) is 2. The zero-order chi connectivity index (χ0) is 15.0. The van der Waals surface area contributed by atoms with Gasteiger partial charge >= 0.3 is 0 Å². The van der Waals surface area contributed by atoms with Gasteiger partial charge in [0.15, 0.2) is 0 Å². The lowest BCUT2D eigenvalue weighted by molar-refractivity contribution is 0.167. The van der Waals surface area contributed by atoms with Crippen LogP contribution in [-0.4, -0.2) is 56.1 Å². The first-order chi connectivity index (χ1) is 9.49. The van der Waals surface area contributed by atoms with Crippen LogP contribution in [0.5, 0.6) is 0 Å². The summed E-state index contributed by atoms with van der Waals surface area (Å²) in [6, 6.07) is 4.89. The predicted molar refractivity (Wildman–Crippen MR) is 90.5 cm³/mol. The first-order valence-corrected chi connectivity index (χ1v) is 8.49. The van der Waals surface area contributed by atoms with Gasteiger partial charge in [-0.2, -0.15) is 0 Å². The molecule has 0 amide bonds. The van der Waals surface area contributed by atoms with Crippen LogP contribution in [0.15, 0.2) is 17.5 Å². The van der Waals surface area contributed by atoms with Crippen LogP contribution < -0.4 is 5.32 Å². The fourth-order valence-electron chi connectivity index (χ4n) is 2.24. The quantitative estimate of drug-likeness (QED) is 0.716. The van der Waals surface area contributed by atoms with E-state index in [1.807, 2.05) is 11.3 Å². The second kappa shape index (κ2) is 9.50. The number of hydrogen-bond acceptors (Lipinski definition) is 4. The average Bonchev–Trinajstić information content (AvgIpc) is 2.86. The molecule has 0 aromatic carbocycles. The second-order valence-electron chi connectivity index (χ2n) is 6.25. The van der Waals surface area contributed by atoms with E-state index in [1.54, 1.807) is 0 Å². The van der Waals surface area contributed by atoms with E-state index >= 15 is 0 Å². The zero-order valence-corrected chi connectivity index (χ0v) is 14.5. The molecule has 1 heterocycles. The minimum absolute atomic E-state index is 0.581. The molecule has 116 valence electrons. The molecule has 20 heavy (non-hydrogen) atoms. The normalized spacial score (nSPS) is 13.6. The molecule has 0 aliphatic heterocycles. The van der Waals surface area contributed by atoms with E-state index in [9.17, 15) is 0 Å². The van der Waals surface area contributed by atoms with Gasteiger partial charge < -0.3 is 10.2 Å². The number of hydrogen-bond donors (Lipinski definition) is 1. The van der Waals surface area contributed by atoms with Crippen LogP contribution in [0.3, 0.4) is 0 Å². The minimum Gasteiger partial charge on any atom is -0.310 e. The molecule has 1 aromatic rings. The van der Waals surface area contributed by atoms with Crippen molar-refractivity contribution in [3.05, 3.63) is 22.4 Å². The Morgan fingerprint density at radius 1 is 1.20 bits per heavy atom. The minimum atomic E-state index is 0.581. The molecule has 0 aliphatic rings. The van der Waals surface area contributed by atoms with Crippen molar-refractivity contribution in [2.45, 2.75) is 33.4 Å². The van der Waals surface area contributed by atoms with Crippen molar-refractivity contribution >= 4 is 11.3 Å². The lowest BCUT2D eigenvalue weighted by atomic mass is 10.1. The van der Waals surface area contributed by atoms with Crippen LogP contribution in [0.4, 0.5) is 0 Å². The van der Waals surface area contributed by atoms with Gasteiger partial charge in [-0.3, -0.25) is 4.90 Å². The van der Waals surface area contributed by atoms with Gasteiger partial charge in [-0.05, 0) is 38.4 Å². The molecule has 0 saturated heterocycles. The van der Waals surface area contributed by atoms with E-state index in [0.717, 1.165) is 32.1 Å². The number of rotatable bonds is 10. The summed E-state index contributed by atoms with van der Waals surface area (Å²) in [7, 11) is 4.29. The van der Waals surface area contributed by atoms with Gasteiger partial charge in [0, 0.05) is 43.6 Å². The van der Waals surface area contributed by atoms with E-state index in [-0.39, 0.29) is 0 Å². The molecule has 1 aromatic heterocycles. The van der Waals surface area contributed by atoms with Crippen LogP contribution >= 0.6 is 11.3 Å². The Kier molecular flexibility index (Phi) is 8.38. The van der Waals surface area contributed by atoms with Gasteiger partial charge in [0.1, 0.15) is 0 Å². The maximum Gasteiger partial charge on any atom is 0.0300 e. The molecule has 1 atom stereocenters. The topological polar surface area (TPSA) is 18.5 Å². The highest BCUT2D eigenvalue weighted by Crippen LogP contribution is 2.08. The highest BCUT2D eigenvalue weighted by Gasteiger charge is 2.14. The third kappa shape index (κ3) is 7.39. The summed E-state index contributed by atoms with van der Waals surface area (Å²) >= 11 is 1.83. The highest BCUT2D eigenvalue weighted by molar-refractivity contribution is 7.09. The first kappa shape index (κ1) is 17.6. The molecule has 4 heteroatoms. The molecular formula is C16H31N3S. The van der Waals surface area contributed by atoms with Crippen LogP contribution in [0.1, 0.15) is 25.6 Å². The van der Waals surface area contributed by atoms with E-state index in [0.29, 0.717) is 6.04 Å². The molecule has 0 aliphatic carbocycles. The Bertz CT molecular complexity index is 336. The second-order valence-corrected chi connectivity index (χ2v) is 7.28. The Morgan fingerprint density at radius 2 is 1.95 bits per heavy atom. The van der Waals surface area contributed by atoms with Crippen molar-refractivity contribution in [2.24, 2.45) is 5.92 Å². The molecule has 0 fully saturated rings. The van der Waals surface area contributed by atoms with Crippen molar-refractivity contribution in [2.75, 3.05) is 40.3 Å². The average molecular weight is 298 g/mol. The maximum absolute atomic E-state index is 3.58. The molecule has 0 spiro atoms. The Labute approximate surface area is 129 Å². The predicted octanol–water partition coefficient (Wildman–Crippen LogP) is 2.75. The van der Waals surface area contributed by atoms with Crippen molar-refractivity contribution in [3.8, 4) is 0 Å². The Balaban J connectivity index is 2.34. The third-order valence-electron chi connectivity index (χ3n) is 3.38. The van der Waals surface area contributed by atoms with Crippen molar-refractivity contribution < 1.29 is 0 Å². The fourth-order valence-corrected chi connectivity index (χ4v) is 2.91. The summed E-state index contributed by atoms with van der Waals surface area (Å²) in [6.07, 6.45) is 0. The van der Waals surface area contributed by atoms with Crippen LogP contribution in [0.2, 0.25) is 0 Å². The van der Waals surface area contributed by atoms with E-state index in [2.05, 4.69) is 67.5 Å². The summed E-state index contributed by atoms with van der Waals surface area (Å²) in [5.74, 6) is 0.719. The van der Waals surface area contributed by atoms with Gasteiger partial charge in [0.25, 0.3) is 0 Å². The summed E-state index contributed by atoms with van der Waals surface area (Å²) in [5, 5.41) is 5.73. The summed E-state index contributed by atoms with van der Waals surface area (Å²) in [4.78, 5) is 6.28. The molecular weight excluding hydrogens is 266 g/mol. The van der Waals surface area contributed by atoms with Gasteiger partial charge in [-0.1, -0.05) is 19.9 Å². The van der Waals surface area contributed by atoms with Crippen molar-refractivity contribution in [3.63, 3.8) is 0 Å². The van der Waals surface area contributed by atoms with Crippen LogP contribution in [0, 0.1) is 5.92 Å². The highest BCUT2D eigenvalue weighted by atomic mass is 32.1. The maximum atomic E-state index is 3.58. The molecule has 1 rings (SSSR count). The van der Waals surface area contributed by atoms with Crippen LogP contribution in [0.25, 0.3) is 0 Å². The monoisotopic (exact) mass is 297 g/mol. The molecule has 0 radical (unpaired) electrons. The largest absolute Gasteiger partial charge is 0.310 e. The lowest BCUT2D eigenvalue weighted by Gasteiger charge is -2.31. The van der Waals surface area contributed by atoms with E-state index in [1.165, 1.54) is 11.4 Å². The zero-order valence-electron chi connectivity index (χ0n) is 13.7. The van der Waals surface area contributed by atoms with Crippen LogP contribution in [-0.2, 0) is 6.54 Å². The fraction of sp³-hybridized carbons (Fsp3) is 0.750. The summed E-state index contributed by atoms with van der Waals surface area (Å²) in [5.41, 5.74) is 0. The molecule has 1 N–H and O–H groups in total. The smallest absolute Gasteiger partial charge is 0.0300 e. The SMILES string of the molecule is CC(C)CN(CCN(C)C)C(C)CNCc1cccs1. The van der Waals surface area contributed by atoms with Gasteiger partial charge in [0.2, 0.25) is 0 Å². The molecule has 0 bridgehead atoms. The standard InChI is InChI=1S/C16H31N3S/c1-14(2)13-19(9-8-18(4)5)15(3)11-17-12-16-7-6-10-20-16/h6-7,10,14-15,17H,8-9,11-13H2,1-5H3. The van der Waals surface area contributed by atoms with Crippen molar-refractivity contribution in [1.82, 2.24) is 15.1 Å². The Morgan fingerprint density at radius 3 is 2.50 bits per heavy atom. The molecule has 1 unspecified atom stereocenters. The number of nitrogens with one attached hydrogen (secondary N) is 1. The van der Waals surface area contributed by atoms with Gasteiger partial charge in [0.05, 0.1) is 0 Å². The lowest BCUT2D eigenvalue weighted by Crippen LogP contribution is -2.44. The number of thiophene rings is 1. The van der Waals surface area contributed by atoms with E-state index in [4.69, 9.17) is 0 Å². The van der Waals surface area contributed by atoms with E-state index < -0.39 is 0 Å². The number of likely N-dealkylation sites (N-methyl/N-ethyl adjacent to an activating group) is 1. The third-order valence-corrected chi connectivity index (χ3v) is 4.25. The summed E-state index contributed by atoms with van der Waals surface area (Å²) < 4.78 is 0. The van der Waals surface area contributed by atoms with Crippen molar-refractivity contribution in [1.29, 1.82) is 0 Å². The molecule has 0 saturated carbocycles.